The number of hydrazone groups is 1. The molecule has 1 amide bonds. The minimum atomic E-state index is -0.520. The lowest BCUT2D eigenvalue weighted by atomic mass is 10.2. The van der Waals surface area contributed by atoms with Crippen LogP contribution in [0.4, 0.5) is 4.39 Å². The Labute approximate surface area is 130 Å². The van der Waals surface area contributed by atoms with Gasteiger partial charge in [0.05, 0.1) is 11.2 Å². The SMILES string of the molecule is O=C(N/N=C\c1c(F)cccc1Cl)c1ccc2c(c1)OCO2. The van der Waals surface area contributed by atoms with E-state index in [2.05, 4.69) is 10.5 Å². The molecule has 3 rings (SSSR count). The Morgan fingerprint density at radius 3 is 2.91 bits per heavy atom. The van der Waals surface area contributed by atoms with Crippen molar-refractivity contribution in [2.24, 2.45) is 5.10 Å². The first-order valence-electron chi connectivity index (χ1n) is 6.32. The van der Waals surface area contributed by atoms with Crippen LogP contribution in [0, 0.1) is 5.82 Å². The fourth-order valence-corrected chi connectivity index (χ4v) is 2.10. The van der Waals surface area contributed by atoms with Crippen molar-refractivity contribution in [2.45, 2.75) is 0 Å². The lowest BCUT2D eigenvalue weighted by molar-refractivity contribution is 0.0954. The Balaban J connectivity index is 1.71. The maximum absolute atomic E-state index is 13.5. The van der Waals surface area contributed by atoms with Crippen molar-refractivity contribution in [1.29, 1.82) is 0 Å². The van der Waals surface area contributed by atoms with Crippen LogP contribution in [0.2, 0.25) is 5.02 Å². The zero-order valence-corrected chi connectivity index (χ0v) is 11.9. The highest BCUT2D eigenvalue weighted by Crippen LogP contribution is 2.32. The van der Waals surface area contributed by atoms with E-state index in [-0.39, 0.29) is 17.4 Å². The van der Waals surface area contributed by atoms with Gasteiger partial charge in [0.15, 0.2) is 11.5 Å². The molecular formula is C15H10ClFN2O3. The van der Waals surface area contributed by atoms with Gasteiger partial charge in [0.25, 0.3) is 5.91 Å². The van der Waals surface area contributed by atoms with Gasteiger partial charge in [-0.2, -0.15) is 5.10 Å². The topological polar surface area (TPSA) is 59.9 Å². The molecule has 0 bridgehead atoms. The number of halogens is 2. The number of carbonyl (C=O) groups excluding carboxylic acids is 1. The van der Waals surface area contributed by atoms with Gasteiger partial charge in [-0.25, -0.2) is 9.82 Å². The molecule has 1 N–H and O–H groups in total. The van der Waals surface area contributed by atoms with Crippen molar-refractivity contribution in [3.8, 4) is 11.5 Å². The molecule has 2 aromatic rings. The molecule has 0 fully saturated rings. The second kappa shape index (κ2) is 6.03. The first kappa shape index (κ1) is 14.3. The highest BCUT2D eigenvalue weighted by atomic mass is 35.5. The molecular weight excluding hydrogens is 311 g/mol. The number of ether oxygens (including phenoxy) is 2. The number of nitrogens with zero attached hydrogens (tertiary/aromatic N) is 1. The molecule has 22 heavy (non-hydrogen) atoms. The van der Waals surface area contributed by atoms with E-state index in [1.165, 1.54) is 18.2 Å². The molecule has 0 saturated heterocycles. The Morgan fingerprint density at radius 1 is 1.27 bits per heavy atom. The van der Waals surface area contributed by atoms with E-state index in [9.17, 15) is 9.18 Å². The highest BCUT2D eigenvalue weighted by molar-refractivity contribution is 6.33. The van der Waals surface area contributed by atoms with Gasteiger partial charge in [-0.1, -0.05) is 17.7 Å². The number of rotatable bonds is 3. The van der Waals surface area contributed by atoms with Crippen LogP contribution >= 0.6 is 11.6 Å². The van der Waals surface area contributed by atoms with Crippen molar-refractivity contribution in [1.82, 2.24) is 5.43 Å². The molecule has 7 heteroatoms. The Kier molecular flexibility index (Phi) is 3.93. The van der Waals surface area contributed by atoms with Crippen LogP contribution in [0.3, 0.4) is 0 Å². The minimum Gasteiger partial charge on any atom is -0.454 e. The van der Waals surface area contributed by atoms with Crippen LogP contribution in [-0.2, 0) is 0 Å². The number of hydrogen-bond acceptors (Lipinski definition) is 4. The van der Waals surface area contributed by atoms with Crippen LogP contribution in [0.15, 0.2) is 41.5 Å². The van der Waals surface area contributed by atoms with Crippen LogP contribution in [0.1, 0.15) is 15.9 Å². The fraction of sp³-hybridized carbons (Fsp3) is 0.0667. The monoisotopic (exact) mass is 320 g/mol. The lowest BCUT2D eigenvalue weighted by Gasteiger charge is -2.02. The molecule has 1 aliphatic heterocycles. The molecule has 0 radical (unpaired) electrons. The normalized spacial score (nSPS) is 12.6. The van der Waals surface area contributed by atoms with Gasteiger partial charge in [0.1, 0.15) is 5.82 Å². The van der Waals surface area contributed by atoms with Gasteiger partial charge in [0, 0.05) is 11.1 Å². The largest absolute Gasteiger partial charge is 0.454 e. The molecule has 0 atom stereocenters. The zero-order valence-electron chi connectivity index (χ0n) is 11.2. The molecule has 112 valence electrons. The highest BCUT2D eigenvalue weighted by Gasteiger charge is 2.15. The number of benzene rings is 2. The third kappa shape index (κ3) is 2.87. The maximum Gasteiger partial charge on any atom is 0.271 e. The molecule has 5 nitrogen and oxygen atoms in total. The molecule has 2 aromatic carbocycles. The number of carbonyl (C=O) groups is 1. The van der Waals surface area contributed by atoms with Crippen LogP contribution < -0.4 is 14.9 Å². The van der Waals surface area contributed by atoms with Crippen molar-refractivity contribution >= 4 is 23.7 Å². The van der Waals surface area contributed by atoms with E-state index >= 15 is 0 Å². The Hall–Kier alpha value is -2.60. The minimum absolute atomic E-state index is 0.107. The van der Waals surface area contributed by atoms with Crippen molar-refractivity contribution in [3.63, 3.8) is 0 Å². The molecule has 1 aliphatic rings. The van der Waals surface area contributed by atoms with Crippen molar-refractivity contribution < 1.29 is 18.7 Å². The van der Waals surface area contributed by atoms with Crippen molar-refractivity contribution in [2.75, 3.05) is 6.79 Å². The summed E-state index contributed by atoms with van der Waals surface area (Å²) in [5, 5.41) is 3.92. The van der Waals surface area contributed by atoms with Crippen LogP contribution in [-0.4, -0.2) is 18.9 Å². The van der Waals surface area contributed by atoms with E-state index in [0.29, 0.717) is 17.1 Å². The number of hydrogen-bond donors (Lipinski definition) is 1. The number of nitrogens with one attached hydrogen (secondary N) is 1. The summed E-state index contributed by atoms with van der Waals surface area (Å²) in [5.41, 5.74) is 2.76. The first-order valence-corrected chi connectivity index (χ1v) is 6.70. The smallest absolute Gasteiger partial charge is 0.271 e. The van der Waals surface area contributed by atoms with Gasteiger partial charge in [-0.05, 0) is 30.3 Å². The summed E-state index contributed by atoms with van der Waals surface area (Å²) in [7, 11) is 0. The van der Waals surface area contributed by atoms with Gasteiger partial charge in [-0.15, -0.1) is 0 Å². The van der Waals surface area contributed by atoms with Gasteiger partial charge >= 0.3 is 0 Å². The van der Waals surface area contributed by atoms with Crippen molar-refractivity contribution in [3.05, 3.63) is 58.4 Å². The average molecular weight is 321 g/mol. The molecule has 0 aliphatic carbocycles. The quantitative estimate of drug-likeness (QED) is 0.698. The Morgan fingerprint density at radius 2 is 2.09 bits per heavy atom. The molecule has 0 saturated carbocycles. The van der Waals surface area contributed by atoms with Gasteiger partial charge < -0.3 is 9.47 Å². The standard InChI is InChI=1S/C15H10ClFN2O3/c16-11-2-1-3-12(17)10(11)7-18-19-15(20)9-4-5-13-14(6-9)22-8-21-13/h1-7H,8H2,(H,19,20)/b18-7-. The molecule has 0 unspecified atom stereocenters. The van der Waals surface area contributed by atoms with E-state index in [4.69, 9.17) is 21.1 Å². The summed E-state index contributed by atoms with van der Waals surface area (Å²) < 4.78 is 23.9. The fourth-order valence-electron chi connectivity index (χ4n) is 1.89. The molecule has 0 aromatic heterocycles. The summed E-state index contributed by atoms with van der Waals surface area (Å²) in [6.07, 6.45) is 1.16. The molecule has 1 heterocycles. The van der Waals surface area contributed by atoms with Crippen LogP contribution in [0.25, 0.3) is 0 Å². The summed E-state index contributed by atoms with van der Waals surface area (Å²) >= 11 is 5.85. The van der Waals surface area contributed by atoms with E-state index < -0.39 is 11.7 Å². The second-order valence-corrected chi connectivity index (χ2v) is 4.81. The predicted octanol–water partition coefficient (Wildman–Crippen LogP) is 2.97. The van der Waals surface area contributed by atoms with E-state index in [0.717, 1.165) is 6.21 Å². The third-order valence-electron chi connectivity index (χ3n) is 2.99. The van der Waals surface area contributed by atoms with Gasteiger partial charge in [0.2, 0.25) is 6.79 Å². The summed E-state index contributed by atoms with van der Waals surface area (Å²) in [6, 6.07) is 9.03. The van der Waals surface area contributed by atoms with E-state index in [1.807, 2.05) is 0 Å². The number of amides is 1. The first-order chi connectivity index (χ1) is 10.6. The van der Waals surface area contributed by atoms with E-state index in [1.54, 1.807) is 18.2 Å². The maximum atomic E-state index is 13.5. The predicted molar refractivity (Wildman–Crippen MR) is 79.0 cm³/mol. The number of fused-ring (bicyclic) bond motifs is 1. The third-order valence-corrected chi connectivity index (χ3v) is 3.32. The summed E-state index contributed by atoms with van der Waals surface area (Å²) in [6.45, 7) is 0.129. The summed E-state index contributed by atoms with van der Waals surface area (Å²) in [5.74, 6) is 0.0996. The molecule has 0 spiro atoms. The van der Waals surface area contributed by atoms with Crippen LogP contribution in [0.5, 0.6) is 11.5 Å². The second-order valence-electron chi connectivity index (χ2n) is 4.40. The zero-order chi connectivity index (χ0) is 15.5. The average Bonchev–Trinajstić information content (AvgIpc) is 2.97. The summed E-state index contributed by atoms with van der Waals surface area (Å²) in [4.78, 5) is 12.0. The van der Waals surface area contributed by atoms with Gasteiger partial charge in [-0.3, -0.25) is 4.79 Å². The lowest BCUT2D eigenvalue weighted by Crippen LogP contribution is -2.17. The Bertz CT molecular complexity index is 744.